The van der Waals surface area contributed by atoms with Gasteiger partial charge in [-0.3, -0.25) is 9.59 Å². The maximum atomic E-state index is 13.1. The maximum absolute atomic E-state index is 13.1. The van der Waals surface area contributed by atoms with Gasteiger partial charge in [-0.1, -0.05) is 24.3 Å². The minimum atomic E-state index is -5.07. The maximum Gasteiger partial charge on any atom is 0.454 e. The predicted octanol–water partition coefficient (Wildman–Crippen LogP) is 3.76. The van der Waals surface area contributed by atoms with Gasteiger partial charge in [0.1, 0.15) is 6.54 Å². The number of ketones is 1. The Kier molecular flexibility index (Phi) is 5.04. The van der Waals surface area contributed by atoms with E-state index in [4.69, 9.17) is 0 Å². The van der Waals surface area contributed by atoms with Gasteiger partial charge in [0.25, 0.3) is 5.78 Å². The van der Waals surface area contributed by atoms with Crippen molar-refractivity contribution in [3.8, 4) is 0 Å². The lowest BCUT2D eigenvalue weighted by atomic mass is 10.1. The second-order valence-corrected chi connectivity index (χ2v) is 7.15. The highest BCUT2D eigenvalue weighted by molar-refractivity contribution is 6.12. The van der Waals surface area contributed by atoms with E-state index in [2.05, 4.69) is 4.74 Å². The lowest BCUT2D eigenvalue weighted by molar-refractivity contribution is -0.119. The van der Waals surface area contributed by atoms with Crippen LogP contribution < -0.4 is 4.90 Å². The summed E-state index contributed by atoms with van der Waals surface area (Å²) in [7, 11) is 1.18. The second kappa shape index (κ2) is 7.57. The first-order valence-corrected chi connectivity index (χ1v) is 9.41. The number of para-hydroxylation sites is 1. The predicted molar refractivity (Wildman–Crippen MR) is 106 cm³/mol. The molecule has 0 atom stereocenters. The minimum absolute atomic E-state index is 0.00426. The molecule has 0 fully saturated rings. The molecular weight excluding hydrogens is 413 g/mol. The zero-order valence-electron chi connectivity index (χ0n) is 16.4. The summed E-state index contributed by atoms with van der Waals surface area (Å²) in [4.78, 5) is 38.4. The number of halogens is 3. The number of anilines is 1. The highest BCUT2D eigenvalue weighted by atomic mass is 19.4. The third-order valence-corrected chi connectivity index (χ3v) is 5.30. The van der Waals surface area contributed by atoms with Crippen LogP contribution in [-0.4, -0.2) is 42.1 Å². The van der Waals surface area contributed by atoms with Crippen LogP contribution in [0.25, 0.3) is 10.9 Å². The van der Waals surface area contributed by atoms with Gasteiger partial charge >= 0.3 is 12.1 Å². The smallest absolute Gasteiger partial charge is 0.454 e. The third kappa shape index (κ3) is 3.67. The van der Waals surface area contributed by atoms with Gasteiger partial charge in [-0.05, 0) is 30.2 Å². The number of methoxy groups -OCH3 is 1. The van der Waals surface area contributed by atoms with Gasteiger partial charge in [0.05, 0.1) is 23.8 Å². The molecule has 0 radical (unpaired) electrons. The molecule has 31 heavy (non-hydrogen) atoms. The van der Waals surface area contributed by atoms with Crippen molar-refractivity contribution >= 4 is 34.3 Å². The summed E-state index contributed by atoms with van der Waals surface area (Å²) in [6.07, 6.45) is -3.38. The van der Waals surface area contributed by atoms with Crippen LogP contribution >= 0.6 is 0 Å². The summed E-state index contributed by atoms with van der Waals surface area (Å²) >= 11 is 0. The van der Waals surface area contributed by atoms with E-state index in [1.165, 1.54) is 29.9 Å². The number of ether oxygens (including phenoxy) is 1. The van der Waals surface area contributed by atoms with E-state index in [0.29, 0.717) is 13.0 Å². The molecule has 6 nitrogen and oxygen atoms in total. The Balaban J connectivity index is 1.76. The molecule has 4 rings (SSSR count). The van der Waals surface area contributed by atoms with Gasteiger partial charge in [-0.2, -0.15) is 13.2 Å². The first kappa shape index (κ1) is 20.6. The van der Waals surface area contributed by atoms with Crippen molar-refractivity contribution < 1.29 is 32.3 Å². The molecule has 0 bridgehead atoms. The van der Waals surface area contributed by atoms with Crippen LogP contribution in [-0.2, 0) is 22.5 Å². The van der Waals surface area contributed by atoms with E-state index in [1.54, 1.807) is 11.0 Å². The zero-order chi connectivity index (χ0) is 22.3. The van der Waals surface area contributed by atoms with Gasteiger partial charge < -0.3 is 14.2 Å². The fraction of sp³-hybridized carbons (Fsp3) is 0.227. The van der Waals surface area contributed by atoms with E-state index in [-0.39, 0.29) is 28.9 Å². The van der Waals surface area contributed by atoms with Crippen molar-refractivity contribution in [2.75, 3.05) is 18.6 Å². The van der Waals surface area contributed by atoms with Gasteiger partial charge in [0, 0.05) is 23.8 Å². The Hall–Kier alpha value is -3.62. The van der Waals surface area contributed by atoms with E-state index in [9.17, 15) is 27.6 Å². The standard InChI is InChI=1S/C22H17F3N2O4/c1-31-21(30)14-6-7-15-16(20(29)22(23,24)25)11-26(18(15)10-14)12-19(28)27-9-8-13-4-2-3-5-17(13)27/h2-7,10-11H,8-9,12H2,1H3. The summed E-state index contributed by atoms with van der Waals surface area (Å²) in [5, 5.41) is 0.00426. The van der Waals surface area contributed by atoms with Gasteiger partial charge in [-0.25, -0.2) is 4.79 Å². The number of esters is 1. The van der Waals surface area contributed by atoms with Gasteiger partial charge in [-0.15, -0.1) is 0 Å². The molecule has 1 amide bonds. The molecule has 0 saturated heterocycles. The Bertz CT molecular complexity index is 1210. The SMILES string of the molecule is COC(=O)c1ccc2c(C(=O)C(F)(F)F)cn(CC(=O)N3CCc4ccccc43)c2c1. The van der Waals surface area contributed by atoms with Crippen molar-refractivity contribution in [2.24, 2.45) is 0 Å². The van der Waals surface area contributed by atoms with Crippen LogP contribution in [0.3, 0.4) is 0 Å². The number of rotatable bonds is 4. The molecule has 0 saturated carbocycles. The van der Waals surface area contributed by atoms with Gasteiger partial charge in [0.2, 0.25) is 5.91 Å². The van der Waals surface area contributed by atoms with Crippen LogP contribution in [0, 0.1) is 0 Å². The van der Waals surface area contributed by atoms with Crippen molar-refractivity contribution in [2.45, 2.75) is 19.1 Å². The highest BCUT2D eigenvalue weighted by Gasteiger charge is 2.41. The third-order valence-electron chi connectivity index (χ3n) is 5.30. The van der Waals surface area contributed by atoms with Crippen molar-refractivity contribution in [1.82, 2.24) is 4.57 Å². The van der Waals surface area contributed by atoms with Crippen molar-refractivity contribution in [1.29, 1.82) is 0 Å². The molecule has 1 aliphatic heterocycles. The molecular formula is C22H17F3N2O4. The number of hydrogen-bond acceptors (Lipinski definition) is 4. The number of hydrogen-bond donors (Lipinski definition) is 0. The lowest BCUT2D eigenvalue weighted by Crippen LogP contribution is -2.32. The Labute approximate surface area is 174 Å². The summed E-state index contributed by atoms with van der Waals surface area (Å²) in [5.41, 5.74) is 1.45. The Morgan fingerprint density at radius 2 is 1.84 bits per heavy atom. The Morgan fingerprint density at radius 1 is 1.10 bits per heavy atom. The molecule has 0 spiro atoms. The first-order chi connectivity index (χ1) is 14.7. The molecule has 1 aliphatic rings. The number of Topliss-reactive ketones (excluding diaryl/α,β-unsaturated/α-hetero) is 1. The number of carbonyl (C=O) groups excluding carboxylic acids is 3. The summed E-state index contributed by atoms with van der Waals surface area (Å²) in [5.74, 6) is -3.03. The van der Waals surface area contributed by atoms with Crippen LogP contribution in [0.15, 0.2) is 48.7 Å². The number of benzene rings is 2. The van der Waals surface area contributed by atoms with Crippen LogP contribution in [0.4, 0.5) is 18.9 Å². The highest BCUT2D eigenvalue weighted by Crippen LogP contribution is 2.31. The number of aromatic nitrogens is 1. The van der Waals surface area contributed by atoms with Crippen LogP contribution in [0.5, 0.6) is 0 Å². The van der Waals surface area contributed by atoms with Crippen molar-refractivity contribution in [3.05, 3.63) is 65.4 Å². The monoisotopic (exact) mass is 430 g/mol. The van der Waals surface area contributed by atoms with Crippen molar-refractivity contribution in [3.63, 3.8) is 0 Å². The second-order valence-electron chi connectivity index (χ2n) is 7.15. The fourth-order valence-corrected chi connectivity index (χ4v) is 3.83. The molecule has 0 aliphatic carbocycles. The van der Waals surface area contributed by atoms with Crippen LogP contribution in [0.1, 0.15) is 26.3 Å². The summed E-state index contributed by atoms with van der Waals surface area (Å²) in [6.45, 7) is 0.166. The molecule has 3 aromatic rings. The summed E-state index contributed by atoms with van der Waals surface area (Å²) < 4.78 is 45.2. The molecule has 2 heterocycles. The average Bonchev–Trinajstić information content (AvgIpc) is 3.33. The van der Waals surface area contributed by atoms with E-state index < -0.39 is 23.5 Å². The van der Waals surface area contributed by atoms with E-state index in [1.807, 2.05) is 18.2 Å². The molecule has 160 valence electrons. The van der Waals surface area contributed by atoms with E-state index in [0.717, 1.165) is 17.4 Å². The topological polar surface area (TPSA) is 68.6 Å². The lowest BCUT2D eigenvalue weighted by Gasteiger charge is -2.18. The summed E-state index contributed by atoms with van der Waals surface area (Å²) in [6, 6.07) is 11.3. The number of alkyl halides is 3. The first-order valence-electron chi connectivity index (χ1n) is 9.41. The molecule has 0 N–H and O–H groups in total. The van der Waals surface area contributed by atoms with Crippen LogP contribution in [0.2, 0.25) is 0 Å². The Morgan fingerprint density at radius 3 is 2.55 bits per heavy atom. The normalized spacial score (nSPS) is 13.4. The molecule has 2 aromatic carbocycles. The quantitative estimate of drug-likeness (QED) is 0.467. The van der Waals surface area contributed by atoms with E-state index >= 15 is 0 Å². The number of carbonyl (C=O) groups is 3. The largest absolute Gasteiger partial charge is 0.465 e. The molecule has 1 aromatic heterocycles. The average molecular weight is 430 g/mol. The number of nitrogens with zero attached hydrogens (tertiary/aromatic N) is 2. The number of amides is 1. The molecule has 0 unspecified atom stereocenters. The zero-order valence-corrected chi connectivity index (χ0v) is 16.4. The van der Waals surface area contributed by atoms with Gasteiger partial charge in [0.15, 0.2) is 0 Å². The minimum Gasteiger partial charge on any atom is -0.465 e. The number of fused-ring (bicyclic) bond motifs is 2. The fourth-order valence-electron chi connectivity index (χ4n) is 3.83. The molecule has 9 heteroatoms.